The van der Waals surface area contributed by atoms with Gasteiger partial charge in [0.25, 0.3) is 11.8 Å². The molecule has 102 valence electrons. The first-order valence-corrected chi connectivity index (χ1v) is 5.14. The topological polar surface area (TPSA) is 134 Å². The van der Waals surface area contributed by atoms with Gasteiger partial charge >= 0.3 is 6.03 Å². The van der Waals surface area contributed by atoms with Crippen molar-refractivity contribution < 1.29 is 23.9 Å². The van der Waals surface area contributed by atoms with Gasteiger partial charge in [0.05, 0.1) is 12.7 Å². The van der Waals surface area contributed by atoms with Crippen molar-refractivity contribution in [3.8, 4) is 11.5 Å². The maximum absolute atomic E-state index is 11.2. The van der Waals surface area contributed by atoms with Crippen LogP contribution in [0.2, 0.25) is 0 Å². The second kappa shape index (κ2) is 6.24. The zero-order valence-electron chi connectivity index (χ0n) is 10.1. The van der Waals surface area contributed by atoms with Crippen LogP contribution in [0.5, 0.6) is 11.5 Å². The summed E-state index contributed by atoms with van der Waals surface area (Å²) in [5.74, 6) is -0.946. The fourth-order valence-corrected chi connectivity index (χ4v) is 1.27. The van der Waals surface area contributed by atoms with Crippen molar-refractivity contribution in [2.45, 2.75) is 0 Å². The van der Waals surface area contributed by atoms with Gasteiger partial charge in [0, 0.05) is 0 Å². The Labute approximate surface area is 108 Å². The molecule has 0 spiro atoms. The molecule has 19 heavy (non-hydrogen) atoms. The van der Waals surface area contributed by atoms with Crippen molar-refractivity contribution in [1.29, 1.82) is 0 Å². The first-order valence-electron chi connectivity index (χ1n) is 5.14. The van der Waals surface area contributed by atoms with E-state index >= 15 is 0 Å². The molecule has 0 saturated heterocycles. The highest BCUT2D eigenvalue weighted by atomic mass is 16.5. The standard InChI is InChI=1S/C11H13N3O5/c1-18-6-2-3-8(7(4-6)10(12)16)19-5-9(15)14-11(13)17/h2-4H,5H2,1H3,(H2,12,16)(H3,13,14,15,17). The van der Waals surface area contributed by atoms with E-state index in [0.717, 1.165) is 0 Å². The van der Waals surface area contributed by atoms with Gasteiger partial charge in [0.15, 0.2) is 6.61 Å². The van der Waals surface area contributed by atoms with Gasteiger partial charge in [-0.15, -0.1) is 0 Å². The number of carbonyl (C=O) groups is 3. The Morgan fingerprint density at radius 2 is 1.95 bits per heavy atom. The van der Waals surface area contributed by atoms with Gasteiger partial charge in [-0.05, 0) is 18.2 Å². The summed E-state index contributed by atoms with van der Waals surface area (Å²) < 4.78 is 10.0. The molecule has 8 heteroatoms. The predicted molar refractivity (Wildman–Crippen MR) is 64.7 cm³/mol. The Bertz CT molecular complexity index is 515. The van der Waals surface area contributed by atoms with Gasteiger partial charge in [-0.2, -0.15) is 0 Å². The largest absolute Gasteiger partial charge is 0.497 e. The van der Waals surface area contributed by atoms with Crippen LogP contribution in [0.4, 0.5) is 4.79 Å². The van der Waals surface area contributed by atoms with E-state index in [1.807, 2.05) is 5.32 Å². The molecule has 1 aromatic carbocycles. The van der Waals surface area contributed by atoms with Crippen LogP contribution in [0.3, 0.4) is 0 Å². The third-order valence-electron chi connectivity index (χ3n) is 2.07. The van der Waals surface area contributed by atoms with Gasteiger partial charge in [0.1, 0.15) is 11.5 Å². The molecule has 0 saturated carbocycles. The fourth-order valence-electron chi connectivity index (χ4n) is 1.27. The Morgan fingerprint density at radius 3 is 2.47 bits per heavy atom. The average molecular weight is 267 g/mol. The van der Waals surface area contributed by atoms with E-state index in [1.165, 1.54) is 25.3 Å². The molecule has 0 atom stereocenters. The SMILES string of the molecule is COc1ccc(OCC(=O)NC(N)=O)c(C(N)=O)c1. The minimum atomic E-state index is -0.988. The Kier molecular flexibility index (Phi) is 4.69. The van der Waals surface area contributed by atoms with Crippen LogP contribution in [0.1, 0.15) is 10.4 Å². The lowest BCUT2D eigenvalue weighted by molar-refractivity contribution is -0.121. The minimum Gasteiger partial charge on any atom is -0.497 e. The minimum absolute atomic E-state index is 0.0613. The first-order chi connectivity index (χ1) is 8.93. The third kappa shape index (κ3) is 4.19. The number of rotatable bonds is 5. The lowest BCUT2D eigenvalue weighted by Gasteiger charge is -2.10. The molecule has 0 aliphatic rings. The van der Waals surface area contributed by atoms with Gasteiger partial charge < -0.3 is 20.9 Å². The van der Waals surface area contributed by atoms with Crippen molar-refractivity contribution in [2.75, 3.05) is 13.7 Å². The van der Waals surface area contributed by atoms with E-state index in [1.54, 1.807) is 0 Å². The molecule has 0 fully saturated rings. The normalized spacial score (nSPS) is 9.53. The van der Waals surface area contributed by atoms with Crippen LogP contribution < -0.4 is 26.3 Å². The number of ether oxygens (including phenoxy) is 2. The molecule has 4 amide bonds. The molecule has 5 N–H and O–H groups in total. The van der Waals surface area contributed by atoms with E-state index in [-0.39, 0.29) is 11.3 Å². The van der Waals surface area contributed by atoms with Gasteiger partial charge in [0.2, 0.25) is 0 Å². The molecule has 0 aromatic heterocycles. The van der Waals surface area contributed by atoms with Crippen molar-refractivity contribution in [3.63, 3.8) is 0 Å². The molecule has 8 nitrogen and oxygen atoms in total. The molecule has 0 unspecified atom stereocenters. The number of benzene rings is 1. The lowest BCUT2D eigenvalue weighted by atomic mass is 10.2. The lowest BCUT2D eigenvalue weighted by Crippen LogP contribution is -2.38. The Morgan fingerprint density at radius 1 is 1.26 bits per heavy atom. The number of imide groups is 1. The summed E-state index contributed by atoms with van der Waals surface area (Å²) in [7, 11) is 1.43. The number of hydrogen-bond acceptors (Lipinski definition) is 5. The predicted octanol–water partition coefficient (Wildman–Crippen LogP) is -0.632. The van der Waals surface area contributed by atoms with E-state index in [9.17, 15) is 14.4 Å². The summed E-state index contributed by atoms with van der Waals surface area (Å²) in [6, 6.07) is 3.35. The molecule has 1 rings (SSSR count). The number of hydrogen-bond donors (Lipinski definition) is 3. The fraction of sp³-hybridized carbons (Fsp3) is 0.182. The molecule has 0 aliphatic heterocycles. The monoisotopic (exact) mass is 267 g/mol. The van der Waals surface area contributed by atoms with Crippen LogP contribution in [0, 0.1) is 0 Å². The third-order valence-corrected chi connectivity index (χ3v) is 2.07. The summed E-state index contributed by atoms with van der Waals surface area (Å²) in [5, 5.41) is 1.82. The van der Waals surface area contributed by atoms with Crippen LogP contribution in [-0.2, 0) is 4.79 Å². The van der Waals surface area contributed by atoms with E-state index < -0.39 is 24.5 Å². The highest BCUT2D eigenvalue weighted by Gasteiger charge is 2.13. The maximum Gasteiger partial charge on any atom is 0.318 e. The molecule has 0 aliphatic carbocycles. The van der Waals surface area contributed by atoms with Crippen molar-refractivity contribution in [3.05, 3.63) is 23.8 Å². The number of methoxy groups -OCH3 is 1. The summed E-state index contributed by atoms with van der Waals surface area (Å²) >= 11 is 0. The van der Waals surface area contributed by atoms with Gasteiger partial charge in [-0.3, -0.25) is 14.9 Å². The molecular weight excluding hydrogens is 254 g/mol. The molecule has 0 heterocycles. The number of urea groups is 1. The molecule has 1 aromatic rings. The Hall–Kier alpha value is -2.77. The number of amides is 4. The molecule has 0 radical (unpaired) electrons. The summed E-state index contributed by atoms with van der Waals surface area (Å²) in [5.41, 5.74) is 10.00. The molecule has 0 bridgehead atoms. The maximum atomic E-state index is 11.2. The second-order valence-electron chi connectivity index (χ2n) is 3.43. The number of primary amides is 2. The zero-order chi connectivity index (χ0) is 14.4. The molecular formula is C11H13N3O5. The van der Waals surface area contributed by atoms with E-state index in [2.05, 4.69) is 0 Å². The number of carbonyl (C=O) groups excluding carboxylic acids is 3. The summed E-state index contributed by atoms with van der Waals surface area (Å²) in [6.45, 7) is -0.477. The van der Waals surface area contributed by atoms with Crippen molar-refractivity contribution in [1.82, 2.24) is 5.32 Å². The van der Waals surface area contributed by atoms with Crippen LogP contribution >= 0.6 is 0 Å². The second-order valence-corrected chi connectivity index (χ2v) is 3.43. The van der Waals surface area contributed by atoms with Crippen molar-refractivity contribution >= 4 is 17.8 Å². The number of nitrogens with one attached hydrogen (secondary N) is 1. The van der Waals surface area contributed by atoms with Gasteiger partial charge in [-0.25, -0.2) is 4.79 Å². The zero-order valence-corrected chi connectivity index (χ0v) is 10.1. The summed E-state index contributed by atoms with van der Waals surface area (Å²) in [4.78, 5) is 32.8. The number of nitrogens with two attached hydrogens (primary N) is 2. The smallest absolute Gasteiger partial charge is 0.318 e. The highest BCUT2D eigenvalue weighted by molar-refractivity contribution is 5.97. The van der Waals surface area contributed by atoms with Crippen LogP contribution in [0.25, 0.3) is 0 Å². The van der Waals surface area contributed by atoms with E-state index in [4.69, 9.17) is 20.9 Å². The first kappa shape index (κ1) is 14.3. The quantitative estimate of drug-likeness (QED) is 0.652. The van der Waals surface area contributed by atoms with Gasteiger partial charge in [-0.1, -0.05) is 0 Å². The van der Waals surface area contributed by atoms with E-state index in [0.29, 0.717) is 5.75 Å². The van der Waals surface area contributed by atoms with Crippen LogP contribution in [0.15, 0.2) is 18.2 Å². The van der Waals surface area contributed by atoms with Crippen LogP contribution in [-0.4, -0.2) is 31.6 Å². The highest BCUT2D eigenvalue weighted by Crippen LogP contribution is 2.23. The van der Waals surface area contributed by atoms with Crippen molar-refractivity contribution in [2.24, 2.45) is 11.5 Å². The Balaban J connectivity index is 2.80. The summed E-state index contributed by atoms with van der Waals surface area (Å²) in [6.07, 6.45) is 0. The average Bonchev–Trinajstić information content (AvgIpc) is 2.35.